The van der Waals surface area contributed by atoms with E-state index >= 15 is 0 Å². The maximum Gasteiger partial charge on any atom is 0.240 e. The molecule has 0 aromatic heterocycles. The third-order valence-corrected chi connectivity index (χ3v) is 4.64. The minimum Gasteiger partial charge on any atom is -0.368 e. The molecule has 1 fully saturated rings. The molecule has 0 aliphatic heterocycles. The second-order valence-electron chi connectivity index (χ2n) is 5.63. The van der Waals surface area contributed by atoms with Gasteiger partial charge in [0.05, 0.1) is 0 Å². The van der Waals surface area contributed by atoms with Gasteiger partial charge in [0.1, 0.15) is 6.04 Å². The smallest absolute Gasteiger partial charge is 0.240 e. The Bertz CT molecular complexity index is 513. The topological polar surface area (TPSA) is 72.2 Å². The van der Waals surface area contributed by atoms with Crippen LogP contribution in [0.2, 0.25) is 0 Å². The van der Waals surface area contributed by atoms with E-state index in [1.807, 2.05) is 24.3 Å². The van der Waals surface area contributed by atoms with Crippen LogP contribution < -0.4 is 11.1 Å². The lowest BCUT2D eigenvalue weighted by atomic mass is 9.88. The van der Waals surface area contributed by atoms with Gasteiger partial charge in [-0.1, -0.05) is 31.4 Å². The molecule has 0 bridgehead atoms. The first kappa shape index (κ1) is 16.3. The molecule has 1 aliphatic rings. The van der Waals surface area contributed by atoms with Gasteiger partial charge in [0.15, 0.2) is 0 Å². The minimum absolute atomic E-state index is 0.0240. The Morgan fingerprint density at radius 3 is 2.62 bits per heavy atom. The molecular formula is C16H21IN2O2. The van der Waals surface area contributed by atoms with Crippen molar-refractivity contribution >= 4 is 34.4 Å². The summed E-state index contributed by atoms with van der Waals surface area (Å²) in [5.41, 5.74) is 6.45. The number of nitrogens with two attached hydrogens (primary N) is 1. The molecular weight excluding hydrogens is 379 g/mol. The molecule has 1 aromatic rings. The summed E-state index contributed by atoms with van der Waals surface area (Å²) < 4.78 is 1.10. The molecule has 5 heteroatoms. The summed E-state index contributed by atoms with van der Waals surface area (Å²) >= 11 is 2.23. The van der Waals surface area contributed by atoms with Gasteiger partial charge in [-0.25, -0.2) is 0 Å². The Balaban J connectivity index is 1.98. The number of carbonyl (C=O) groups is 2. The summed E-state index contributed by atoms with van der Waals surface area (Å²) in [7, 11) is 0. The van der Waals surface area contributed by atoms with Crippen molar-refractivity contribution in [3.8, 4) is 0 Å². The first-order chi connectivity index (χ1) is 10.1. The summed E-state index contributed by atoms with van der Waals surface area (Å²) in [6, 6.07) is 7.26. The summed E-state index contributed by atoms with van der Waals surface area (Å²) in [4.78, 5) is 23.9. The Hall–Kier alpha value is -1.11. The van der Waals surface area contributed by atoms with Crippen LogP contribution in [0, 0.1) is 9.49 Å². The van der Waals surface area contributed by atoms with E-state index in [0.29, 0.717) is 6.42 Å². The zero-order chi connectivity index (χ0) is 15.2. The predicted octanol–water partition coefficient (Wildman–Crippen LogP) is 2.38. The van der Waals surface area contributed by atoms with Crippen LogP contribution in [0.5, 0.6) is 0 Å². The van der Waals surface area contributed by atoms with Crippen molar-refractivity contribution in [3.05, 3.63) is 33.4 Å². The molecule has 0 saturated heterocycles. The Morgan fingerprint density at radius 1 is 1.29 bits per heavy atom. The van der Waals surface area contributed by atoms with Gasteiger partial charge >= 0.3 is 0 Å². The maximum absolute atomic E-state index is 12.2. The number of hydrogen-bond acceptors (Lipinski definition) is 2. The first-order valence-electron chi connectivity index (χ1n) is 7.40. The molecule has 0 radical (unpaired) electrons. The van der Waals surface area contributed by atoms with Gasteiger partial charge in [-0.15, -0.1) is 0 Å². The standard InChI is InChI=1S/C16H21IN2O2/c17-13-8-4-5-11(9-13)10-14(15(18)20)19-16(21)12-6-2-1-3-7-12/h4-5,8-9,12,14H,1-3,6-7,10H2,(H2,18,20)(H,19,21)/t14-/m0/s1. The largest absolute Gasteiger partial charge is 0.368 e. The molecule has 2 amide bonds. The molecule has 0 unspecified atom stereocenters. The fourth-order valence-electron chi connectivity index (χ4n) is 2.78. The monoisotopic (exact) mass is 400 g/mol. The Kier molecular flexibility index (Phi) is 6.02. The van der Waals surface area contributed by atoms with E-state index in [2.05, 4.69) is 27.9 Å². The first-order valence-corrected chi connectivity index (χ1v) is 8.48. The average molecular weight is 400 g/mol. The number of primary amides is 1. The number of benzene rings is 1. The molecule has 3 N–H and O–H groups in total. The second-order valence-corrected chi connectivity index (χ2v) is 6.88. The third-order valence-electron chi connectivity index (χ3n) is 3.96. The van der Waals surface area contributed by atoms with Crippen LogP contribution >= 0.6 is 22.6 Å². The van der Waals surface area contributed by atoms with E-state index in [1.54, 1.807) is 0 Å². The van der Waals surface area contributed by atoms with Gasteiger partial charge in [-0.3, -0.25) is 9.59 Å². The van der Waals surface area contributed by atoms with Crippen molar-refractivity contribution in [2.24, 2.45) is 11.7 Å². The molecule has 114 valence electrons. The van der Waals surface area contributed by atoms with Crippen LogP contribution in [0.1, 0.15) is 37.7 Å². The quantitative estimate of drug-likeness (QED) is 0.746. The maximum atomic E-state index is 12.2. The molecule has 0 spiro atoms. The van der Waals surface area contributed by atoms with E-state index in [0.717, 1.165) is 34.8 Å². The number of carbonyl (C=O) groups excluding carboxylic acids is 2. The fraction of sp³-hybridized carbons (Fsp3) is 0.500. The van der Waals surface area contributed by atoms with Crippen LogP contribution in [-0.2, 0) is 16.0 Å². The number of halogens is 1. The van der Waals surface area contributed by atoms with Gasteiger partial charge in [-0.2, -0.15) is 0 Å². The Labute approximate surface area is 139 Å². The van der Waals surface area contributed by atoms with Crippen molar-refractivity contribution in [2.75, 3.05) is 0 Å². The number of nitrogens with one attached hydrogen (secondary N) is 1. The fourth-order valence-corrected chi connectivity index (χ4v) is 3.38. The van der Waals surface area contributed by atoms with Gasteiger partial charge in [0, 0.05) is 15.9 Å². The van der Waals surface area contributed by atoms with Crippen LogP contribution in [-0.4, -0.2) is 17.9 Å². The minimum atomic E-state index is -0.627. The number of hydrogen-bond donors (Lipinski definition) is 2. The van der Waals surface area contributed by atoms with E-state index in [9.17, 15) is 9.59 Å². The van der Waals surface area contributed by atoms with Gasteiger partial charge in [0.25, 0.3) is 0 Å². The molecule has 1 aromatic carbocycles. The van der Waals surface area contributed by atoms with Crippen molar-refractivity contribution in [1.82, 2.24) is 5.32 Å². The highest BCUT2D eigenvalue weighted by molar-refractivity contribution is 14.1. The number of amides is 2. The lowest BCUT2D eigenvalue weighted by Crippen LogP contribution is -2.48. The molecule has 1 aliphatic carbocycles. The van der Waals surface area contributed by atoms with Crippen molar-refractivity contribution < 1.29 is 9.59 Å². The molecule has 0 heterocycles. The molecule has 4 nitrogen and oxygen atoms in total. The Morgan fingerprint density at radius 2 is 2.00 bits per heavy atom. The predicted molar refractivity (Wildman–Crippen MR) is 90.6 cm³/mol. The summed E-state index contributed by atoms with van der Waals surface area (Å²) in [6.07, 6.45) is 5.67. The number of rotatable bonds is 5. The molecule has 21 heavy (non-hydrogen) atoms. The van der Waals surface area contributed by atoms with Crippen LogP contribution in [0.15, 0.2) is 24.3 Å². The van der Waals surface area contributed by atoms with Crippen molar-refractivity contribution in [3.63, 3.8) is 0 Å². The SMILES string of the molecule is NC(=O)[C@H](Cc1cccc(I)c1)NC(=O)C1CCCCC1. The van der Waals surface area contributed by atoms with Gasteiger partial charge in [0.2, 0.25) is 11.8 Å². The van der Waals surface area contributed by atoms with Crippen LogP contribution in [0.3, 0.4) is 0 Å². The van der Waals surface area contributed by atoms with Crippen molar-refractivity contribution in [2.45, 2.75) is 44.6 Å². The second kappa shape index (κ2) is 7.77. The summed E-state index contributed by atoms with van der Waals surface area (Å²) in [6.45, 7) is 0. The molecule has 2 rings (SSSR count). The summed E-state index contributed by atoms with van der Waals surface area (Å²) in [5.74, 6) is -0.460. The van der Waals surface area contributed by atoms with Gasteiger partial charge < -0.3 is 11.1 Å². The highest BCUT2D eigenvalue weighted by Crippen LogP contribution is 2.23. The third kappa shape index (κ3) is 4.98. The van der Waals surface area contributed by atoms with E-state index in [-0.39, 0.29) is 11.8 Å². The highest BCUT2D eigenvalue weighted by atomic mass is 127. The van der Waals surface area contributed by atoms with Gasteiger partial charge in [-0.05, 0) is 53.1 Å². The van der Waals surface area contributed by atoms with Crippen LogP contribution in [0.25, 0.3) is 0 Å². The summed E-state index contributed by atoms with van der Waals surface area (Å²) in [5, 5.41) is 2.84. The molecule has 1 atom stereocenters. The van der Waals surface area contributed by atoms with E-state index < -0.39 is 11.9 Å². The van der Waals surface area contributed by atoms with E-state index in [4.69, 9.17) is 5.73 Å². The average Bonchev–Trinajstić information content (AvgIpc) is 2.47. The van der Waals surface area contributed by atoms with Crippen LogP contribution in [0.4, 0.5) is 0 Å². The molecule has 1 saturated carbocycles. The highest BCUT2D eigenvalue weighted by Gasteiger charge is 2.25. The zero-order valence-electron chi connectivity index (χ0n) is 12.0. The normalized spacial score (nSPS) is 17.2. The lowest BCUT2D eigenvalue weighted by molar-refractivity contribution is -0.130. The van der Waals surface area contributed by atoms with E-state index in [1.165, 1.54) is 6.42 Å². The zero-order valence-corrected chi connectivity index (χ0v) is 14.1. The van der Waals surface area contributed by atoms with Crippen molar-refractivity contribution in [1.29, 1.82) is 0 Å². The lowest BCUT2D eigenvalue weighted by Gasteiger charge is -2.23.